The third-order valence-electron chi connectivity index (χ3n) is 2.40. The summed E-state index contributed by atoms with van der Waals surface area (Å²) in [6, 6.07) is 4.67. The largest absolute Gasteiger partial charge is 0.508 e. The molecule has 17 heavy (non-hydrogen) atoms. The van der Waals surface area contributed by atoms with Crippen LogP contribution in [0.4, 0.5) is 0 Å². The Bertz CT molecular complexity index is 390. The molecule has 94 valence electrons. The normalized spacial score (nSPS) is 12.2. The average Bonchev–Trinajstić information content (AvgIpc) is 2.26. The van der Waals surface area contributed by atoms with Crippen molar-refractivity contribution in [3.8, 4) is 5.75 Å². The molecule has 0 fully saturated rings. The monoisotopic (exact) mass is 237 g/mol. The van der Waals surface area contributed by atoms with E-state index in [9.17, 15) is 9.90 Å². The van der Waals surface area contributed by atoms with Gasteiger partial charge in [0.1, 0.15) is 5.75 Å². The first-order valence-corrected chi connectivity index (χ1v) is 5.72. The molecule has 1 amide bonds. The van der Waals surface area contributed by atoms with Crippen molar-refractivity contribution in [3.05, 3.63) is 29.3 Å². The predicted octanol–water partition coefficient (Wildman–Crippen LogP) is 1.86. The van der Waals surface area contributed by atoms with Gasteiger partial charge in [-0.3, -0.25) is 4.79 Å². The van der Waals surface area contributed by atoms with Crippen LogP contribution in [0, 0.1) is 6.92 Å². The van der Waals surface area contributed by atoms with Gasteiger partial charge in [0.05, 0.1) is 6.61 Å². The molecule has 1 unspecified atom stereocenters. The Morgan fingerprint density at radius 3 is 2.82 bits per heavy atom. The lowest BCUT2D eigenvalue weighted by Gasteiger charge is -2.14. The van der Waals surface area contributed by atoms with Gasteiger partial charge < -0.3 is 15.2 Å². The maximum Gasteiger partial charge on any atom is 0.251 e. The number of carbonyl (C=O) groups is 1. The maximum absolute atomic E-state index is 11.9. The van der Waals surface area contributed by atoms with Crippen LogP contribution in [0.15, 0.2) is 18.2 Å². The van der Waals surface area contributed by atoms with Crippen molar-refractivity contribution < 1.29 is 14.6 Å². The number of hydrogen-bond donors (Lipinski definition) is 2. The van der Waals surface area contributed by atoms with E-state index in [4.69, 9.17) is 4.74 Å². The van der Waals surface area contributed by atoms with Gasteiger partial charge in [-0.05, 0) is 44.5 Å². The fraction of sp³-hybridized carbons (Fsp3) is 0.462. The third kappa shape index (κ3) is 4.07. The minimum absolute atomic E-state index is 0.0318. The molecular formula is C13H19NO3. The molecule has 4 nitrogen and oxygen atoms in total. The number of carbonyl (C=O) groups excluding carboxylic acids is 1. The Labute approximate surface area is 102 Å². The van der Waals surface area contributed by atoms with E-state index in [-0.39, 0.29) is 17.7 Å². The Morgan fingerprint density at radius 2 is 2.24 bits per heavy atom. The lowest BCUT2D eigenvalue weighted by atomic mass is 10.1. The molecule has 1 atom stereocenters. The molecule has 1 aromatic rings. The first-order valence-electron chi connectivity index (χ1n) is 5.72. The van der Waals surface area contributed by atoms with Crippen LogP contribution in [0.5, 0.6) is 5.75 Å². The molecule has 1 rings (SSSR count). The molecule has 1 aromatic carbocycles. The zero-order valence-corrected chi connectivity index (χ0v) is 10.5. The quantitative estimate of drug-likeness (QED) is 0.821. The molecule has 4 heteroatoms. The second kappa shape index (κ2) is 6.25. The average molecular weight is 237 g/mol. The van der Waals surface area contributed by atoms with E-state index in [1.807, 2.05) is 13.8 Å². The molecule has 2 N–H and O–H groups in total. The lowest BCUT2D eigenvalue weighted by molar-refractivity contribution is 0.0871. The van der Waals surface area contributed by atoms with Gasteiger partial charge in [0, 0.05) is 18.2 Å². The van der Waals surface area contributed by atoms with Crippen LogP contribution in [-0.4, -0.2) is 30.3 Å². The van der Waals surface area contributed by atoms with Gasteiger partial charge in [-0.2, -0.15) is 0 Å². The fourth-order valence-corrected chi connectivity index (χ4v) is 1.54. The van der Waals surface area contributed by atoms with Crippen LogP contribution >= 0.6 is 0 Å². The van der Waals surface area contributed by atoms with Gasteiger partial charge in [0.25, 0.3) is 5.91 Å². The van der Waals surface area contributed by atoms with Crippen molar-refractivity contribution in [1.29, 1.82) is 0 Å². The summed E-state index contributed by atoms with van der Waals surface area (Å²) in [5.41, 5.74) is 1.33. The number of rotatable bonds is 5. The second-order valence-electron chi connectivity index (χ2n) is 4.03. The smallest absolute Gasteiger partial charge is 0.251 e. The van der Waals surface area contributed by atoms with E-state index in [0.29, 0.717) is 18.8 Å². The highest BCUT2D eigenvalue weighted by Gasteiger charge is 2.12. The van der Waals surface area contributed by atoms with Gasteiger partial charge >= 0.3 is 0 Å². The first kappa shape index (κ1) is 13.5. The summed E-state index contributed by atoms with van der Waals surface area (Å²) in [5, 5.41) is 12.1. The number of aryl methyl sites for hydroxylation is 1. The van der Waals surface area contributed by atoms with Gasteiger partial charge in [0.15, 0.2) is 0 Å². The summed E-state index contributed by atoms with van der Waals surface area (Å²) >= 11 is 0. The van der Waals surface area contributed by atoms with Crippen molar-refractivity contribution >= 4 is 5.91 Å². The number of ether oxygens (including phenoxy) is 1. The minimum Gasteiger partial charge on any atom is -0.508 e. The zero-order valence-electron chi connectivity index (χ0n) is 10.5. The molecule has 0 saturated carbocycles. The van der Waals surface area contributed by atoms with Crippen LogP contribution in [0.25, 0.3) is 0 Å². The van der Waals surface area contributed by atoms with Gasteiger partial charge in [0.2, 0.25) is 0 Å². The molecular weight excluding hydrogens is 218 g/mol. The first-order chi connectivity index (χ1) is 8.04. The van der Waals surface area contributed by atoms with Crippen molar-refractivity contribution in [2.45, 2.75) is 26.8 Å². The lowest BCUT2D eigenvalue weighted by Crippen LogP contribution is -2.36. The molecule has 0 aliphatic heterocycles. The number of amides is 1. The molecule has 0 aromatic heterocycles. The molecule has 0 aliphatic carbocycles. The topological polar surface area (TPSA) is 58.6 Å². The van der Waals surface area contributed by atoms with E-state index in [0.717, 1.165) is 5.56 Å². The van der Waals surface area contributed by atoms with Crippen LogP contribution in [-0.2, 0) is 4.74 Å². The number of phenolic OH excluding ortho intramolecular Hbond substituents is 1. The Kier molecular flexibility index (Phi) is 4.97. The fourth-order valence-electron chi connectivity index (χ4n) is 1.54. The molecule has 0 heterocycles. The Hall–Kier alpha value is -1.55. The summed E-state index contributed by atoms with van der Waals surface area (Å²) in [7, 11) is 0. The molecule has 0 radical (unpaired) electrons. The highest BCUT2D eigenvalue weighted by Crippen LogP contribution is 2.15. The van der Waals surface area contributed by atoms with Crippen molar-refractivity contribution in [1.82, 2.24) is 5.32 Å². The number of hydrogen-bond acceptors (Lipinski definition) is 3. The van der Waals surface area contributed by atoms with Crippen LogP contribution < -0.4 is 5.32 Å². The van der Waals surface area contributed by atoms with Crippen LogP contribution in [0.1, 0.15) is 29.8 Å². The zero-order chi connectivity index (χ0) is 12.8. The van der Waals surface area contributed by atoms with Crippen molar-refractivity contribution in [2.24, 2.45) is 0 Å². The number of aromatic hydroxyl groups is 1. The van der Waals surface area contributed by atoms with Gasteiger partial charge in [-0.25, -0.2) is 0 Å². The van der Waals surface area contributed by atoms with Crippen molar-refractivity contribution in [3.63, 3.8) is 0 Å². The molecule has 0 saturated heterocycles. The summed E-state index contributed by atoms with van der Waals surface area (Å²) in [4.78, 5) is 11.9. The van der Waals surface area contributed by atoms with E-state index in [1.165, 1.54) is 6.07 Å². The molecule has 0 bridgehead atoms. The number of benzene rings is 1. The molecule has 0 aliphatic rings. The summed E-state index contributed by atoms with van der Waals surface area (Å²) in [6.45, 7) is 6.74. The van der Waals surface area contributed by atoms with E-state index >= 15 is 0 Å². The highest BCUT2D eigenvalue weighted by molar-refractivity contribution is 5.95. The standard InChI is InChI=1S/C13H19NO3/c1-4-17-8-10(3)14-13(16)12-6-5-11(15)7-9(12)2/h5-7,10,15H,4,8H2,1-3H3,(H,14,16). The summed E-state index contributed by atoms with van der Waals surface area (Å²) < 4.78 is 5.23. The number of phenols is 1. The highest BCUT2D eigenvalue weighted by atomic mass is 16.5. The Balaban J connectivity index is 2.63. The molecule has 0 spiro atoms. The van der Waals surface area contributed by atoms with Gasteiger partial charge in [-0.15, -0.1) is 0 Å². The number of nitrogens with one attached hydrogen (secondary N) is 1. The van der Waals surface area contributed by atoms with E-state index < -0.39 is 0 Å². The van der Waals surface area contributed by atoms with Crippen LogP contribution in [0.2, 0.25) is 0 Å². The second-order valence-corrected chi connectivity index (χ2v) is 4.03. The van der Waals surface area contributed by atoms with E-state index in [1.54, 1.807) is 19.1 Å². The Morgan fingerprint density at radius 1 is 1.53 bits per heavy atom. The maximum atomic E-state index is 11.9. The summed E-state index contributed by atoms with van der Waals surface area (Å²) in [6.07, 6.45) is 0. The van der Waals surface area contributed by atoms with Crippen molar-refractivity contribution in [2.75, 3.05) is 13.2 Å². The summed E-state index contributed by atoms with van der Waals surface area (Å²) in [5.74, 6) is 0.0242. The minimum atomic E-state index is -0.144. The van der Waals surface area contributed by atoms with Crippen LogP contribution in [0.3, 0.4) is 0 Å². The van der Waals surface area contributed by atoms with E-state index in [2.05, 4.69) is 5.32 Å². The van der Waals surface area contributed by atoms with Gasteiger partial charge in [-0.1, -0.05) is 0 Å². The third-order valence-corrected chi connectivity index (χ3v) is 2.40. The predicted molar refractivity (Wildman–Crippen MR) is 66.3 cm³/mol. The SMILES string of the molecule is CCOCC(C)NC(=O)c1ccc(O)cc1C.